The highest BCUT2D eigenvalue weighted by Crippen LogP contribution is 2.04. The molecule has 6 heteroatoms. The van der Waals surface area contributed by atoms with Gasteiger partial charge in [0.15, 0.2) is 0 Å². The molecule has 0 fully saturated rings. The highest BCUT2D eigenvalue weighted by molar-refractivity contribution is 5.85. The van der Waals surface area contributed by atoms with Gasteiger partial charge >= 0.3 is 5.97 Å². The number of nitrogens with two attached hydrogens (primary N) is 1. The van der Waals surface area contributed by atoms with Crippen molar-refractivity contribution in [3.8, 4) is 0 Å². The summed E-state index contributed by atoms with van der Waals surface area (Å²) >= 11 is 0. The lowest BCUT2D eigenvalue weighted by molar-refractivity contribution is -0.137. The van der Waals surface area contributed by atoms with Gasteiger partial charge in [-0.2, -0.15) is 0 Å². The second kappa shape index (κ2) is 9.39. The smallest absolute Gasteiger partial charge is 0.304 e. The van der Waals surface area contributed by atoms with Crippen molar-refractivity contribution < 1.29 is 9.90 Å². The first kappa shape index (κ1) is 17.6. The van der Waals surface area contributed by atoms with E-state index >= 15 is 0 Å². The Morgan fingerprint density at radius 3 is 2.69 bits per heavy atom. The standard InChI is InChI=1S/C10H14N2O2.2ClH/c11-9(6-10(13)14)4-3-8-2-1-5-12-7-8;;/h1-2,5,7,9H,3-4,6,11H2,(H,13,14);2*1H. The van der Waals surface area contributed by atoms with Crippen LogP contribution in [0.4, 0.5) is 0 Å². The molecule has 0 spiro atoms. The molecule has 1 atom stereocenters. The molecule has 0 aliphatic rings. The summed E-state index contributed by atoms with van der Waals surface area (Å²) in [4.78, 5) is 14.3. The van der Waals surface area contributed by atoms with E-state index in [9.17, 15) is 4.79 Å². The number of hydrogen-bond acceptors (Lipinski definition) is 3. The van der Waals surface area contributed by atoms with Gasteiger partial charge in [-0.3, -0.25) is 9.78 Å². The molecule has 1 heterocycles. The van der Waals surface area contributed by atoms with Crippen LogP contribution in [0.5, 0.6) is 0 Å². The van der Waals surface area contributed by atoms with Gasteiger partial charge in [-0.05, 0) is 24.5 Å². The van der Waals surface area contributed by atoms with Crippen LogP contribution in [0.25, 0.3) is 0 Å². The van der Waals surface area contributed by atoms with Crippen LogP contribution in [0, 0.1) is 0 Å². The average Bonchev–Trinajstić information content (AvgIpc) is 2.15. The average molecular weight is 267 g/mol. The SMILES string of the molecule is Cl.Cl.NC(CCc1cccnc1)CC(=O)O. The number of nitrogens with zero attached hydrogens (tertiary/aromatic N) is 1. The van der Waals surface area contributed by atoms with Crippen LogP contribution in [0.3, 0.4) is 0 Å². The molecule has 3 N–H and O–H groups in total. The third kappa shape index (κ3) is 7.45. The summed E-state index contributed by atoms with van der Waals surface area (Å²) in [7, 11) is 0. The van der Waals surface area contributed by atoms with Crippen LogP contribution in [-0.2, 0) is 11.2 Å². The lowest BCUT2D eigenvalue weighted by Crippen LogP contribution is -2.24. The predicted octanol–water partition coefficient (Wildman–Crippen LogP) is 1.66. The Morgan fingerprint density at radius 2 is 2.19 bits per heavy atom. The predicted molar refractivity (Wildman–Crippen MR) is 67.3 cm³/mol. The van der Waals surface area contributed by atoms with Crippen molar-refractivity contribution in [2.75, 3.05) is 0 Å². The van der Waals surface area contributed by atoms with Gasteiger partial charge in [-0.1, -0.05) is 6.07 Å². The van der Waals surface area contributed by atoms with Gasteiger partial charge in [0.2, 0.25) is 0 Å². The summed E-state index contributed by atoms with van der Waals surface area (Å²) in [5, 5.41) is 8.49. The summed E-state index contributed by atoms with van der Waals surface area (Å²) in [6, 6.07) is 3.55. The maximum Gasteiger partial charge on any atom is 0.304 e. The van der Waals surface area contributed by atoms with Crippen LogP contribution in [-0.4, -0.2) is 22.1 Å². The van der Waals surface area contributed by atoms with Crippen LogP contribution in [0.2, 0.25) is 0 Å². The molecule has 0 amide bonds. The Hall–Kier alpha value is -0.840. The van der Waals surface area contributed by atoms with Gasteiger partial charge in [-0.15, -0.1) is 24.8 Å². The minimum atomic E-state index is -0.844. The zero-order chi connectivity index (χ0) is 10.4. The molecule has 0 aliphatic carbocycles. The molecule has 0 radical (unpaired) electrons. The number of pyridine rings is 1. The van der Waals surface area contributed by atoms with Crippen molar-refractivity contribution in [2.24, 2.45) is 5.73 Å². The zero-order valence-corrected chi connectivity index (χ0v) is 10.3. The minimum absolute atomic E-state index is 0. The molecule has 4 nitrogen and oxygen atoms in total. The van der Waals surface area contributed by atoms with Gasteiger partial charge in [0.25, 0.3) is 0 Å². The largest absolute Gasteiger partial charge is 0.481 e. The van der Waals surface area contributed by atoms with E-state index in [0.717, 1.165) is 12.0 Å². The zero-order valence-electron chi connectivity index (χ0n) is 8.70. The Kier molecular flexibility index (Phi) is 10.3. The van der Waals surface area contributed by atoms with E-state index in [1.165, 1.54) is 0 Å². The first-order valence-corrected chi connectivity index (χ1v) is 4.55. The summed E-state index contributed by atoms with van der Waals surface area (Å²) < 4.78 is 0. The Bertz CT molecular complexity index is 296. The molecule has 1 unspecified atom stereocenters. The lowest BCUT2D eigenvalue weighted by atomic mass is 10.1. The number of carboxylic acid groups (broad SMARTS) is 1. The van der Waals surface area contributed by atoms with Crippen molar-refractivity contribution in [2.45, 2.75) is 25.3 Å². The van der Waals surface area contributed by atoms with Gasteiger partial charge < -0.3 is 10.8 Å². The van der Waals surface area contributed by atoms with Gasteiger partial charge in [-0.25, -0.2) is 0 Å². The van der Waals surface area contributed by atoms with E-state index in [0.29, 0.717) is 6.42 Å². The lowest BCUT2D eigenvalue weighted by Gasteiger charge is -2.07. The van der Waals surface area contributed by atoms with E-state index in [-0.39, 0.29) is 37.3 Å². The molecule has 0 aromatic carbocycles. The minimum Gasteiger partial charge on any atom is -0.481 e. The third-order valence-electron chi connectivity index (χ3n) is 1.96. The number of aryl methyl sites for hydroxylation is 1. The summed E-state index contributed by atoms with van der Waals surface area (Å²) in [6.45, 7) is 0. The van der Waals surface area contributed by atoms with Crippen LogP contribution < -0.4 is 5.73 Å². The summed E-state index contributed by atoms with van der Waals surface area (Å²) in [6.07, 6.45) is 4.97. The molecule has 0 bridgehead atoms. The number of aliphatic carboxylic acids is 1. The van der Waals surface area contributed by atoms with Gasteiger partial charge in [0.05, 0.1) is 6.42 Å². The summed E-state index contributed by atoms with van der Waals surface area (Å²) in [5.41, 5.74) is 6.71. The van der Waals surface area contributed by atoms with E-state index in [1.54, 1.807) is 12.4 Å². The number of halogens is 2. The number of aromatic nitrogens is 1. The van der Waals surface area contributed by atoms with E-state index in [4.69, 9.17) is 10.8 Å². The molecule has 16 heavy (non-hydrogen) atoms. The second-order valence-electron chi connectivity index (χ2n) is 3.26. The van der Waals surface area contributed by atoms with Crippen LogP contribution >= 0.6 is 24.8 Å². The molecular formula is C10H16Cl2N2O2. The maximum atomic E-state index is 10.3. The fourth-order valence-corrected chi connectivity index (χ4v) is 1.22. The quantitative estimate of drug-likeness (QED) is 0.850. The number of carbonyl (C=O) groups is 1. The van der Waals surface area contributed by atoms with E-state index in [2.05, 4.69) is 4.98 Å². The molecule has 1 aromatic heterocycles. The van der Waals surface area contributed by atoms with Crippen molar-refractivity contribution in [1.82, 2.24) is 4.98 Å². The van der Waals surface area contributed by atoms with Crippen molar-refractivity contribution in [3.63, 3.8) is 0 Å². The second-order valence-corrected chi connectivity index (χ2v) is 3.26. The van der Waals surface area contributed by atoms with E-state index < -0.39 is 5.97 Å². The fraction of sp³-hybridized carbons (Fsp3) is 0.400. The fourth-order valence-electron chi connectivity index (χ4n) is 1.22. The topological polar surface area (TPSA) is 76.2 Å². The monoisotopic (exact) mass is 266 g/mol. The van der Waals surface area contributed by atoms with Crippen molar-refractivity contribution in [1.29, 1.82) is 0 Å². The Balaban J connectivity index is 0. The number of hydrogen-bond donors (Lipinski definition) is 2. The molecular weight excluding hydrogens is 251 g/mol. The summed E-state index contributed by atoms with van der Waals surface area (Å²) in [5.74, 6) is -0.844. The molecule has 1 rings (SSSR count). The van der Waals surface area contributed by atoms with E-state index in [1.807, 2.05) is 12.1 Å². The Labute approximate surface area is 107 Å². The van der Waals surface area contributed by atoms with Crippen LogP contribution in [0.15, 0.2) is 24.5 Å². The maximum absolute atomic E-state index is 10.3. The van der Waals surface area contributed by atoms with Crippen LogP contribution in [0.1, 0.15) is 18.4 Å². The van der Waals surface area contributed by atoms with Crippen molar-refractivity contribution in [3.05, 3.63) is 30.1 Å². The first-order valence-electron chi connectivity index (χ1n) is 4.55. The highest BCUT2D eigenvalue weighted by atomic mass is 35.5. The molecule has 0 saturated heterocycles. The molecule has 1 aromatic rings. The molecule has 92 valence electrons. The normalized spacial score (nSPS) is 10.8. The molecule has 0 aliphatic heterocycles. The highest BCUT2D eigenvalue weighted by Gasteiger charge is 2.07. The van der Waals surface area contributed by atoms with Crippen molar-refractivity contribution >= 4 is 30.8 Å². The van der Waals surface area contributed by atoms with Gasteiger partial charge in [0.1, 0.15) is 0 Å². The first-order chi connectivity index (χ1) is 6.68. The van der Waals surface area contributed by atoms with Gasteiger partial charge in [0, 0.05) is 18.4 Å². The third-order valence-corrected chi connectivity index (χ3v) is 1.96. The number of rotatable bonds is 5. The molecule has 0 saturated carbocycles. The number of carboxylic acids is 1. The Morgan fingerprint density at radius 1 is 1.50 bits per heavy atom.